The predicted molar refractivity (Wildman–Crippen MR) is 108 cm³/mol. The van der Waals surface area contributed by atoms with Crippen LogP contribution in [0.1, 0.15) is 38.2 Å². The molecule has 0 amide bonds. The van der Waals surface area contributed by atoms with Crippen molar-refractivity contribution >= 4 is 11.9 Å². The van der Waals surface area contributed by atoms with E-state index in [-0.39, 0.29) is 11.9 Å². The molecule has 0 saturated carbocycles. The number of carbonyl (C=O) groups excluding carboxylic acids is 1. The molecule has 0 aromatic heterocycles. The molecule has 1 N–H and O–H groups in total. The molecular formula is C21H33N3O3. The number of guanidine groups is 1. The number of aliphatic imine (C=N–C) groups is 1. The van der Waals surface area contributed by atoms with Gasteiger partial charge < -0.3 is 19.7 Å². The number of aryl methyl sites for hydroxylation is 1. The lowest BCUT2D eigenvalue weighted by Crippen LogP contribution is -2.47. The molecule has 6 nitrogen and oxygen atoms in total. The first-order chi connectivity index (χ1) is 13.1. The summed E-state index contributed by atoms with van der Waals surface area (Å²) in [5.74, 6) is 1.80. The van der Waals surface area contributed by atoms with Crippen LogP contribution in [0.3, 0.4) is 0 Å². The zero-order valence-electron chi connectivity index (χ0n) is 16.9. The number of piperidine rings is 1. The highest BCUT2D eigenvalue weighted by molar-refractivity contribution is 5.80. The third kappa shape index (κ3) is 7.12. The number of nitrogens with zero attached hydrogens (tertiary/aromatic N) is 2. The Morgan fingerprint density at radius 2 is 1.93 bits per heavy atom. The predicted octanol–water partition coefficient (Wildman–Crippen LogP) is 3.00. The number of nitrogens with one attached hydrogen (secondary N) is 1. The molecule has 0 unspecified atom stereocenters. The van der Waals surface area contributed by atoms with Gasteiger partial charge in [0.25, 0.3) is 0 Å². The zero-order chi connectivity index (χ0) is 19.5. The van der Waals surface area contributed by atoms with Gasteiger partial charge in [-0.3, -0.25) is 9.79 Å². The maximum absolute atomic E-state index is 11.8. The summed E-state index contributed by atoms with van der Waals surface area (Å²) in [6, 6.07) is 8.14. The van der Waals surface area contributed by atoms with Crippen LogP contribution < -0.4 is 10.1 Å². The minimum absolute atomic E-state index is 0.0261. The smallest absolute Gasteiger partial charge is 0.309 e. The van der Waals surface area contributed by atoms with Crippen LogP contribution in [-0.2, 0) is 9.53 Å². The minimum atomic E-state index is -0.0614. The Kier molecular flexibility index (Phi) is 8.95. The van der Waals surface area contributed by atoms with Crippen LogP contribution in [0.5, 0.6) is 5.75 Å². The van der Waals surface area contributed by atoms with Crippen molar-refractivity contribution in [2.45, 2.75) is 39.5 Å². The molecule has 0 atom stereocenters. The molecule has 0 aliphatic carbocycles. The van der Waals surface area contributed by atoms with Gasteiger partial charge in [-0.2, -0.15) is 0 Å². The van der Waals surface area contributed by atoms with Gasteiger partial charge in [-0.05, 0) is 51.7 Å². The number of esters is 1. The van der Waals surface area contributed by atoms with Crippen molar-refractivity contribution in [3.05, 3.63) is 29.8 Å². The van der Waals surface area contributed by atoms with Crippen molar-refractivity contribution in [3.8, 4) is 5.75 Å². The first-order valence-electron chi connectivity index (χ1n) is 9.95. The summed E-state index contributed by atoms with van der Waals surface area (Å²) in [6.07, 6.45) is 3.65. The van der Waals surface area contributed by atoms with Gasteiger partial charge >= 0.3 is 5.97 Å². The molecule has 1 fully saturated rings. The fourth-order valence-electron chi connectivity index (χ4n) is 3.17. The molecule has 1 saturated heterocycles. The molecule has 1 aromatic rings. The largest absolute Gasteiger partial charge is 0.494 e. The quantitative estimate of drug-likeness (QED) is 0.328. The molecular weight excluding hydrogens is 342 g/mol. The Morgan fingerprint density at radius 3 is 2.56 bits per heavy atom. The van der Waals surface area contributed by atoms with Gasteiger partial charge in [-0.25, -0.2) is 0 Å². The molecule has 150 valence electrons. The van der Waals surface area contributed by atoms with Gasteiger partial charge in [0.2, 0.25) is 0 Å². The standard InChI is InChI=1S/C21H33N3O3/c1-4-26-20(25)18-11-14-24(15-12-18)21(22-3)23-13-5-6-16-27-19-9-7-17(2)8-10-19/h7-10,18H,4-6,11-16H2,1-3H3,(H,22,23). The molecule has 6 heteroatoms. The number of likely N-dealkylation sites (tertiary alicyclic amines) is 1. The number of ether oxygens (including phenoxy) is 2. The number of carbonyl (C=O) groups is 1. The van der Waals surface area contributed by atoms with Crippen molar-refractivity contribution < 1.29 is 14.3 Å². The first kappa shape index (κ1) is 21.1. The van der Waals surface area contributed by atoms with Crippen LogP contribution in [0, 0.1) is 12.8 Å². The van der Waals surface area contributed by atoms with Crippen molar-refractivity contribution in [1.82, 2.24) is 10.2 Å². The van der Waals surface area contributed by atoms with Crippen LogP contribution >= 0.6 is 0 Å². The van der Waals surface area contributed by atoms with E-state index in [0.29, 0.717) is 13.2 Å². The molecule has 1 aromatic carbocycles. The fourth-order valence-corrected chi connectivity index (χ4v) is 3.17. The SMILES string of the molecule is CCOC(=O)C1CCN(C(=NC)NCCCCOc2ccc(C)cc2)CC1. The maximum Gasteiger partial charge on any atom is 0.309 e. The average Bonchev–Trinajstić information content (AvgIpc) is 2.69. The summed E-state index contributed by atoms with van der Waals surface area (Å²) in [4.78, 5) is 18.4. The summed E-state index contributed by atoms with van der Waals surface area (Å²) in [6.45, 7) is 7.62. The number of benzene rings is 1. The van der Waals surface area contributed by atoms with E-state index in [4.69, 9.17) is 9.47 Å². The van der Waals surface area contributed by atoms with E-state index in [1.165, 1.54) is 5.56 Å². The topological polar surface area (TPSA) is 63.2 Å². The number of hydrogen-bond donors (Lipinski definition) is 1. The summed E-state index contributed by atoms with van der Waals surface area (Å²) in [5.41, 5.74) is 1.24. The average molecular weight is 376 g/mol. The van der Waals surface area contributed by atoms with Gasteiger partial charge in [-0.15, -0.1) is 0 Å². The van der Waals surface area contributed by atoms with E-state index in [1.807, 2.05) is 19.1 Å². The van der Waals surface area contributed by atoms with E-state index >= 15 is 0 Å². The van der Waals surface area contributed by atoms with Crippen molar-refractivity contribution in [2.75, 3.05) is 39.9 Å². The Bertz CT molecular complexity index is 593. The zero-order valence-corrected chi connectivity index (χ0v) is 16.9. The highest BCUT2D eigenvalue weighted by Crippen LogP contribution is 2.18. The van der Waals surface area contributed by atoms with E-state index in [2.05, 4.69) is 34.3 Å². The summed E-state index contributed by atoms with van der Waals surface area (Å²) in [5, 5.41) is 3.42. The molecule has 1 aliphatic rings. The maximum atomic E-state index is 11.8. The molecule has 0 spiro atoms. The van der Waals surface area contributed by atoms with Crippen molar-refractivity contribution in [1.29, 1.82) is 0 Å². The second kappa shape index (κ2) is 11.5. The number of unbranched alkanes of at least 4 members (excludes halogenated alkanes) is 1. The van der Waals surface area contributed by atoms with Gasteiger partial charge in [0.1, 0.15) is 5.75 Å². The first-order valence-corrected chi connectivity index (χ1v) is 9.95. The molecule has 1 aliphatic heterocycles. The molecule has 27 heavy (non-hydrogen) atoms. The lowest BCUT2D eigenvalue weighted by Gasteiger charge is -2.33. The highest BCUT2D eigenvalue weighted by Gasteiger charge is 2.27. The monoisotopic (exact) mass is 375 g/mol. The van der Waals surface area contributed by atoms with Crippen LogP contribution in [0.25, 0.3) is 0 Å². The van der Waals surface area contributed by atoms with Crippen molar-refractivity contribution in [2.24, 2.45) is 10.9 Å². The normalized spacial score (nSPS) is 15.5. The van der Waals surface area contributed by atoms with Gasteiger partial charge in [0, 0.05) is 26.7 Å². The Labute approximate surface area is 162 Å². The van der Waals surface area contributed by atoms with Gasteiger partial charge in [-0.1, -0.05) is 17.7 Å². The van der Waals surface area contributed by atoms with E-state index in [0.717, 1.165) is 57.0 Å². The lowest BCUT2D eigenvalue weighted by molar-refractivity contribution is -0.149. The third-order valence-corrected chi connectivity index (χ3v) is 4.77. The van der Waals surface area contributed by atoms with E-state index in [9.17, 15) is 4.79 Å². The Balaban J connectivity index is 1.60. The van der Waals surface area contributed by atoms with Crippen molar-refractivity contribution in [3.63, 3.8) is 0 Å². The van der Waals surface area contributed by atoms with Gasteiger partial charge in [0.15, 0.2) is 5.96 Å². The number of rotatable bonds is 8. The Morgan fingerprint density at radius 1 is 1.22 bits per heavy atom. The Hall–Kier alpha value is -2.24. The lowest BCUT2D eigenvalue weighted by atomic mass is 9.97. The van der Waals surface area contributed by atoms with Crippen LogP contribution in [-0.4, -0.2) is 56.7 Å². The summed E-state index contributed by atoms with van der Waals surface area (Å²) >= 11 is 0. The van der Waals surface area contributed by atoms with Crippen LogP contribution in [0.15, 0.2) is 29.3 Å². The fraction of sp³-hybridized carbons (Fsp3) is 0.619. The van der Waals surface area contributed by atoms with E-state index < -0.39 is 0 Å². The highest BCUT2D eigenvalue weighted by atomic mass is 16.5. The summed E-state index contributed by atoms with van der Waals surface area (Å²) in [7, 11) is 1.81. The van der Waals surface area contributed by atoms with Gasteiger partial charge in [0.05, 0.1) is 19.1 Å². The minimum Gasteiger partial charge on any atom is -0.494 e. The molecule has 1 heterocycles. The van der Waals surface area contributed by atoms with Crippen LogP contribution in [0.4, 0.5) is 0 Å². The number of hydrogen-bond acceptors (Lipinski definition) is 4. The molecule has 2 rings (SSSR count). The second-order valence-corrected chi connectivity index (χ2v) is 6.86. The third-order valence-electron chi connectivity index (χ3n) is 4.77. The van der Waals surface area contributed by atoms with Crippen LogP contribution in [0.2, 0.25) is 0 Å². The molecule has 0 bridgehead atoms. The van der Waals surface area contributed by atoms with E-state index in [1.54, 1.807) is 7.05 Å². The second-order valence-electron chi connectivity index (χ2n) is 6.86. The molecule has 0 radical (unpaired) electrons. The summed E-state index contributed by atoms with van der Waals surface area (Å²) < 4.78 is 10.9.